The van der Waals surface area contributed by atoms with Crippen LogP contribution in [0.2, 0.25) is 0 Å². The van der Waals surface area contributed by atoms with Crippen molar-refractivity contribution in [2.75, 3.05) is 7.11 Å². The fourth-order valence-electron chi connectivity index (χ4n) is 2.59. The van der Waals surface area contributed by atoms with E-state index >= 15 is 0 Å². The quantitative estimate of drug-likeness (QED) is 0.747. The molecule has 0 heterocycles. The van der Waals surface area contributed by atoms with Crippen LogP contribution < -0.4 is 0 Å². The highest BCUT2D eigenvalue weighted by molar-refractivity contribution is 5.91. The van der Waals surface area contributed by atoms with Crippen LogP contribution in [0.4, 0.5) is 0 Å². The first kappa shape index (κ1) is 10.5. The summed E-state index contributed by atoms with van der Waals surface area (Å²) in [5.74, 6) is 0.190. The molecule has 0 N–H and O–H groups in total. The number of ketones is 1. The SMILES string of the molecule is COC1C(=O)CCc2cc3ccccc3cc21. The summed E-state index contributed by atoms with van der Waals surface area (Å²) in [5, 5.41) is 2.40. The van der Waals surface area contributed by atoms with Gasteiger partial charge in [0.15, 0.2) is 5.78 Å². The molecule has 2 heteroatoms. The van der Waals surface area contributed by atoms with Crippen LogP contribution in [0.3, 0.4) is 0 Å². The molecule has 2 nitrogen and oxygen atoms in total. The summed E-state index contributed by atoms with van der Waals surface area (Å²) >= 11 is 0. The van der Waals surface area contributed by atoms with E-state index in [4.69, 9.17) is 4.74 Å². The number of Topliss-reactive ketones (excluding diaryl/α,β-unsaturated/α-hetero) is 1. The predicted octanol–water partition coefficient (Wildman–Crippen LogP) is 3.04. The molecule has 0 radical (unpaired) electrons. The summed E-state index contributed by atoms with van der Waals surface area (Å²) in [6.07, 6.45) is 1.05. The van der Waals surface area contributed by atoms with Gasteiger partial charge in [-0.1, -0.05) is 30.3 Å². The van der Waals surface area contributed by atoms with Gasteiger partial charge in [-0.2, -0.15) is 0 Å². The van der Waals surface area contributed by atoms with Crippen LogP contribution in [0.1, 0.15) is 23.7 Å². The molecule has 2 aromatic carbocycles. The molecule has 1 aliphatic rings. The Kier molecular flexibility index (Phi) is 2.45. The number of benzene rings is 2. The molecule has 0 saturated heterocycles. The smallest absolute Gasteiger partial charge is 0.166 e. The number of methoxy groups -OCH3 is 1. The summed E-state index contributed by atoms with van der Waals surface area (Å²) < 4.78 is 5.33. The monoisotopic (exact) mass is 226 g/mol. The van der Waals surface area contributed by atoms with Crippen molar-refractivity contribution >= 4 is 16.6 Å². The summed E-state index contributed by atoms with van der Waals surface area (Å²) in [6, 6.07) is 12.5. The Labute approximate surface area is 100 Å². The number of fused-ring (bicyclic) bond motifs is 2. The molecule has 2 aromatic rings. The van der Waals surface area contributed by atoms with Crippen molar-refractivity contribution in [3.8, 4) is 0 Å². The van der Waals surface area contributed by atoms with Gasteiger partial charge < -0.3 is 4.74 Å². The van der Waals surface area contributed by atoms with Gasteiger partial charge in [0, 0.05) is 13.5 Å². The normalized spacial score (nSPS) is 19.4. The van der Waals surface area contributed by atoms with E-state index in [1.807, 2.05) is 12.1 Å². The largest absolute Gasteiger partial charge is 0.369 e. The molecule has 0 aromatic heterocycles. The average molecular weight is 226 g/mol. The molecule has 0 aliphatic heterocycles. The van der Waals surface area contributed by atoms with E-state index in [9.17, 15) is 4.79 Å². The lowest BCUT2D eigenvalue weighted by atomic mass is 9.86. The van der Waals surface area contributed by atoms with Gasteiger partial charge in [-0.3, -0.25) is 4.79 Å². The van der Waals surface area contributed by atoms with Gasteiger partial charge in [0.2, 0.25) is 0 Å². The van der Waals surface area contributed by atoms with E-state index in [-0.39, 0.29) is 11.9 Å². The highest BCUT2D eigenvalue weighted by Crippen LogP contribution is 2.32. The van der Waals surface area contributed by atoms with E-state index in [0.29, 0.717) is 6.42 Å². The van der Waals surface area contributed by atoms with Gasteiger partial charge in [0.25, 0.3) is 0 Å². The molecule has 86 valence electrons. The van der Waals surface area contributed by atoms with Crippen LogP contribution >= 0.6 is 0 Å². The number of carbonyl (C=O) groups excluding carboxylic acids is 1. The number of hydrogen-bond acceptors (Lipinski definition) is 2. The first-order valence-electron chi connectivity index (χ1n) is 5.86. The Morgan fingerprint density at radius 3 is 2.53 bits per heavy atom. The van der Waals surface area contributed by atoms with Crippen LogP contribution in [-0.4, -0.2) is 12.9 Å². The number of hydrogen-bond donors (Lipinski definition) is 0. The summed E-state index contributed by atoms with van der Waals surface area (Å²) in [5.41, 5.74) is 2.29. The molecule has 0 bridgehead atoms. The Morgan fingerprint density at radius 2 is 1.82 bits per heavy atom. The van der Waals surface area contributed by atoms with Crippen molar-refractivity contribution in [2.45, 2.75) is 18.9 Å². The number of aryl methyl sites for hydroxylation is 1. The van der Waals surface area contributed by atoms with Crippen LogP contribution in [0.25, 0.3) is 10.8 Å². The third-order valence-electron chi connectivity index (χ3n) is 3.46. The highest BCUT2D eigenvalue weighted by atomic mass is 16.5. The van der Waals surface area contributed by atoms with Crippen LogP contribution in [0, 0.1) is 0 Å². The zero-order chi connectivity index (χ0) is 11.8. The van der Waals surface area contributed by atoms with Crippen LogP contribution in [-0.2, 0) is 16.0 Å². The summed E-state index contributed by atoms with van der Waals surface area (Å²) in [6.45, 7) is 0. The second-order valence-corrected chi connectivity index (χ2v) is 4.48. The number of carbonyl (C=O) groups is 1. The first-order chi connectivity index (χ1) is 8.29. The first-order valence-corrected chi connectivity index (χ1v) is 5.86. The molecule has 0 saturated carbocycles. The lowest BCUT2D eigenvalue weighted by Crippen LogP contribution is -2.21. The summed E-state index contributed by atoms with van der Waals surface area (Å²) in [4.78, 5) is 11.8. The van der Waals surface area contributed by atoms with Crippen molar-refractivity contribution in [3.05, 3.63) is 47.5 Å². The lowest BCUT2D eigenvalue weighted by Gasteiger charge is -2.23. The third-order valence-corrected chi connectivity index (χ3v) is 3.46. The van der Waals surface area contributed by atoms with Crippen molar-refractivity contribution in [1.29, 1.82) is 0 Å². The van der Waals surface area contributed by atoms with E-state index in [1.165, 1.54) is 16.3 Å². The van der Waals surface area contributed by atoms with E-state index in [2.05, 4.69) is 24.3 Å². The van der Waals surface area contributed by atoms with Crippen LogP contribution in [0.15, 0.2) is 36.4 Å². The van der Waals surface area contributed by atoms with Gasteiger partial charge in [0.1, 0.15) is 6.10 Å². The number of ether oxygens (including phenoxy) is 1. The average Bonchev–Trinajstić information content (AvgIpc) is 2.36. The predicted molar refractivity (Wildman–Crippen MR) is 67.0 cm³/mol. The van der Waals surface area contributed by atoms with Gasteiger partial charge in [-0.25, -0.2) is 0 Å². The molecule has 1 aliphatic carbocycles. The number of rotatable bonds is 1. The fourth-order valence-corrected chi connectivity index (χ4v) is 2.59. The zero-order valence-electron chi connectivity index (χ0n) is 9.77. The van der Waals surface area contributed by atoms with Gasteiger partial charge in [-0.15, -0.1) is 0 Å². The summed E-state index contributed by atoms with van der Waals surface area (Å²) in [7, 11) is 1.60. The van der Waals surface area contributed by atoms with Crippen LogP contribution in [0.5, 0.6) is 0 Å². The Morgan fingerprint density at radius 1 is 1.12 bits per heavy atom. The van der Waals surface area contributed by atoms with Crippen molar-refractivity contribution in [3.63, 3.8) is 0 Å². The maximum Gasteiger partial charge on any atom is 0.166 e. The van der Waals surface area contributed by atoms with Crippen molar-refractivity contribution in [2.24, 2.45) is 0 Å². The second-order valence-electron chi connectivity index (χ2n) is 4.48. The van der Waals surface area contributed by atoms with Gasteiger partial charge >= 0.3 is 0 Å². The van der Waals surface area contributed by atoms with Crippen molar-refractivity contribution < 1.29 is 9.53 Å². The van der Waals surface area contributed by atoms with Gasteiger partial charge in [0.05, 0.1) is 0 Å². The Bertz CT molecular complexity index is 586. The van der Waals surface area contributed by atoms with E-state index in [0.717, 1.165) is 12.0 Å². The lowest BCUT2D eigenvalue weighted by molar-refractivity contribution is -0.129. The second kappa shape index (κ2) is 3.97. The molecule has 0 fully saturated rings. The van der Waals surface area contributed by atoms with Gasteiger partial charge in [-0.05, 0) is 34.4 Å². The molecular weight excluding hydrogens is 212 g/mol. The minimum Gasteiger partial charge on any atom is -0.369 e. The maximum absolute atomic E-state index is 11.8. The molecule has 0 spiro atoms. The zero-order valence-corrected chi connectivity index (χ0v) is 9.77. The molecule has 0 amide bonds. The maximum atomic E-state index is 11.8. The Hall–Kier alpha value is -1.67. The van der Waals surface area contributed by atoms with E-state index in [1.54, 1.807) is 7.11 Å². The molecular formula is C15H14O2. The van der Waals surface area contributed by atoms with E-state index < -0.39 is 0 Å². The topological polar surface area (TPSA) is 26.3 Å². The van der Waals surface area contributed by atoms with Crippen molar-refractivity contribution in [1.82, 2.24) is 0 Å². The minimum absolute atomic E-state index is 0.190. The Balaban J connectivity index is 2.23. The third kappa shape index (κ3) is 1.65. The molecule has 1 atom stereocenters. The minimum atomic E-state index is -0.372. The molecule has 17 heavy (non-hydrogen) atoms. The highest BCUT2D eigenvalue weighted by Gasteiger charge is 2.27. The molecule has 3 rings (SSSR count). The molecule has 1 unspecified atom stereocenters. The fraction of sp³-hybridized carbons (Fsp3) is 0.267. The standard InChI is InChI=1S/C15H14O2/c1-17-15-13-9-11-5-3-2-4-10(11)8-12(13)6-7-14(15)16/h2-5,8-9,15H,6-7H2,1H3.